The molecule has 6 aromatic carbocycles. The monoisotopic (exact) mass is 609 g/mol. The highest BCUT2D eigenvalue weighted by atomic mass is 16.3. The summed E-state index contributed by atoms with van der Waals surface area (Å²) in [4.78, 5) is 0. The number of nitrogens with zero attached hydrogens (tertiary/aromatic N) is 2. The number of hydrogen-bond acceptors (Lipinski definition) is 1. The molecule has 0 aliphatic heterocycles. The molecule has 0 radical (unpaired) electrons. The lowest BCUT2D eigenvalue weighted by Gasteiger charge is -2.16. The average molecular weight is 610 g/mol. The van der Waals surface area contributed by atoms with Gasteiger partial charge in [0.25, 0.3) is 0 Å². The second kappa shape index (κ2) is 11.9. The van der Waals surface area contributed by atoms with E-state index < -0.39 is 0 Å². The Morgan fingerprint density at radius 1 is 0.660 bits per heavy atom. The molecule has 0 fully saturated rings. The largest absolute Gasteiger partial charge is 0.455 e. The molecule has 0 saturated heterocycles. The lowest BCUT2D eigenvalue weighted by Crippen LogP contribution is -2.34. The zero-order valence-corrected chi connectivity index (χ0v) is 26.9. The van der Waals surface area contributed by atoms with Gasteiger partial charge in [-0.25, -0.2) is 0 Å². The van der Waals surface area contributed by atoms with E-state index in [9.17, 15) is 0 Å². The van der Waals surface area contributed by atoms with Crippen LogP contribution >= 0.6 is 0 Å². The molecule has 2 aromatic heterocycles. The molecule has 3 nitrogen and oxygen atoms in total. The first-order valence-electron chi connectivity index (χ1n) is 16.6. The fraction of sp³-hybridized carbons (Fsp3) is 0.114. The van der Waals surface area contributed by atoms with Crippen molar-refractivity contribution in [1.82, 2.24) is 4.57 Å². The van der Waals surface area contributed by atoms with E-state index in [0.717, 1.165) is 86.1 Å². The Kier molecular flexibility index (Phi) is 7.30. The minimum Gasteiger partial charge on any atom is -0.455 e. The lowest BCUT2D eigenvalue weighted by molar-refractivity contribution is -0.542. The van der Waals surface area contributed by atoms with Crippen LogP contribution in [0.2, 0.25) is 0 Å². The molecule has 8 rings (SSSR count). The van der Waals surface area contributed by atoms with Gasteiger partial charge in [-0.05, 0) is 41.3 Å². The Morgan fingerprint density at radius 3 is 1.98 bits per heavy atom. The Hall–Kier alpha value is -5.67. The van der Waals surface area contributed by atoms with Gasteiger partial charge in [-0.15, -0.1) is 0 Å². The van der Waals surface area contributed by atoms with Gasteiger partial charge in [0.2, 0.25) is 0 Å². The Morgan fingerprint density at radius 2 is 1.30 bits per heavy atom. The van der Waals surface area contributed by atoms with Gasteiger partial charge in [0.05, 0.1) is 0 Å². The van der Waals surface area contributed by atoms with Crippen LogP contribution in [0.15, 0.2) is 151 Å². The maximum atomic E-state index is 6.85. The summed E-state index contributed by atoms with van der Waals surface area (Å²) < 4.78 is 11.7. The summed E-state index contributed by atoms with van der Waals surface area (Å²) in [7, 11) is 0. The van der Waals surface area contributed by atoms with Crippen LogP contribution in [-0.4, -0.2) is 4.57 Å². The van der Waals surface area contributed by atoms with E-state index in [2.05, 4.69) is 169 Å². The molecule has 228 valence electrons. The third-order valence-electron chi connectivity index (χ3n) is 9.32. The number of allylic oxidation sites excluding steroid dienone is 1. The van der Waals surface area contributed by atoms with Crippen LogP contribution in [0, 0.1) is 0 Å². The van der Waals surface area contributed by atoms with E-state index in [1.807, 2.05) is 0 Å². The number of hydrogen-bond donors (Lipinski definition) is 0. The smallest absolute Gasteiger partial charge is 0.304 e. The highest BCUT2D eigenvalue weighted by molar-refractivity contribution is 6.10. The van der Waals surface area contributed by atoms with Crippen LogP contribution < -0.4 is 4.57 Å². The normalized spacial score (nSPS) is 11.5. The van der Waals surface area contributed by atoms with E-state index in [-0.39, 0.29) is 0 Å². The third kappa shape index (κ3) is 4.70. The van der Waals surface area contributed by atoms with Crippen LogP contribution in [-0.2, 0) is 6.42 Å². The molecule has 0 N–H and O–H groups in total. The van der Waals surface area contributed by atoms with Crippen molar-refractivity contribution in [1.29, 1.82) is 0 Å². The van der Waals surface area contributed by atoms with E-state index in [4.69, 9.17) is 4.42 Å². The van der Waals surface area contributed by atoms with Gasteiger partial charge in [0, 0.05) is 28.3 Å². The fourth-order valence-electron chi connectivity index (χ4n) is 7.14. The van der Waals surface area contributed by atoms with Crippen molar-refractivity contribution in [3.63, 3.8) is 0 Å². The highest BCUT2D eigenvalue weighted by Crippen LogP contribution is 2.44. The summed E-state index contributed by atoms with van der Waals surface area (Å²) >= 11 is 0. The number of imidazole rings is 1. The van der Waals surface area contributed by atoms with Gasteiger partial charge in [-0.3, -0.25) is 0 Å². The summed E-state index contributed by atoms with van der Waals surface area (Å²) in [5.74, 6) is 1.06. The maximum absolute atomic E-state index is 6.85. The van der Waals surface area contributed by atoms with Crippen molar-refractivity contribution in [3.8, 4) is 39.3 Å². The van der Waals surface area contributed by atoms with Crippen molar-refractivity contribution in [2.24, 2.45) is 0 Å². The molecule has 2 heterocycles. The second-order valence-corrected chi connectivity index (χ2v) is 12.2. The number of rotatable bonds is 8. The summed E-state index contributed by atoms with van der Waals surface area (Å²) in [6.45, 7) is 9.10. The van der Waals surface area contributed by atoms with Gasteiger partial charge < -0.3 is 4.42 Å². The molecule has 0 spiro atoms. The van der Waals surface area contributed by atoms with Crippen LogP contribution in [0.3, 0.4) is 0 Å². The zero-order valence-electron chi connectivity index (χ0n) is 26.9. The number of furan rings is 1. The molecule has 8 aromatic rings. The van der Waals surface area contributed by atoms with Gasteiger partial charge in [-0.1, -0.05) is 148 Å². The van der Waals surface area contributed by atoms with E-state index >= 15 is 0 Å². The minimum atomic E-state index is 0.802. The molecule has 0 atom stereocenters. The van der Waals surface area contributed by atoms with Crippen molar-refractivity contribution < 1.29 is 8.98 Å². The van der Waals surface area contributed by atoms with Crippen LogP contribution in [0.5, 0.6) is 0 Å². The molecule has 0 aliphatic rings. The number of fused-ring (bicyclic) bond motifs is 4. The number of para-hydroxylation sites is 4. The molecule has 0 unspecified atom stereocenters. The zero-order chi connectivity index (χ0) is 31.9. The molecular weight excluding hydrogens is 572 g/mol. The Labute approximate surface area is 275 Å². The number of aryl methyl sites for hydroxylation is 1. The summed E-state index contributed by atoms with van der Waals surface area (Å²) in [5, 5.41) is 2.26. The number of benzene rings is 6. The van der Waals surface area contributed by atoms with Gasteiger partial charge in [-0.2, -0.15) is 9.13 Å². The van der Waals surface area contributed by atoms with Crippen molar-refractivity contribution in [2.45, 2.75) is 33.1 Å². The second-order valence-electron chi connectivity index (χ2n) is 12.2. The first kappa shape index (κ1) is 28.8. The van der Waals surface area contributed by atoms with E-state index in [1.165, 1.54) is 16.7 Å². The van der Waals surface area contributed by atoms with Crippen molar-refractivity contribution >= 4 is 38.7 Å². The van der Waals surface area contributed by atoms with Crippen LogP contribution in [0.4, 0.5) is 0 Å². The Balaban J connectivity index is 1.62. The predicted molar refractivity (Wildman–Crippen MR) is 197 cm³/mol. The maximum Gasteiger partial charge on any atom is 0.304 e. The van der Waals surface area contributed by atoms with Crippen LogP contribution in [0.1, 0.15) is 32.3 Å². The lowest BCUT2D eigenvalue weighted by atomic mass is 9.94. The van der Waals surface area contributed by atoms with Crippen molar-refractivity contribution in [2.75, 3.05) is 0 Å². The van der Waals surface area contributed by atoms with E-state index in [0.29, 0.717) is 0 Å². The summed E-state index contributed by atoms with van der Waals surface area (Å²) in [5.41, 5.74) is 13.3. The average Bonchev–Trinajstić information content (AvgIpc) is 3.67. The van der Waals surface area contributed by atoms with Crippen molar-refractivity contribution in [3.05, 3.63) is 152 Å². The number of aromatic nitrogens is 2. The van der Waals surface area contributed by atoms with Gasteiger partial charge >= 0.3 is 5.82 Å². The quantitative estimate of drug-likeness (QED) is 0.157. The molecule has 0 amide bonds. The van der Waals surface area contributed by atoms with Gasteiger partial charge in [0.1, 0.15) is 22.5 Å². The topological polar surface area (TPSA) is 21.9 Å². The summed E-state index contributed by atoms with van der Waals surface area (Å²) in [6, 6.07) is 49.9. The van der Waals surface area contributed by atoms with E-state index in [1.54, 1.807) is 0 Å². The molecular formula is C44H37N2O+. The third-order valence-corrected chi connectivity index (χ3v) is 9.32. The molecule has 3 heteroatoms. The standard InChI is InChI=1S/C44H37N2O/c1-4-17-33-28-29-37-36-22-12-15-27-40(36)47-43(37)41(33)44-45(30(3)5-2)38-25-13-14-26-39(38)46(44)42-34(31-18-8-6-9-19-31)23-16-24-35(42)32-20-10-7-11-21-32/h6-16,18-29H,3-5,17H2,1-2H3/q+1. The minimum absolute atomic E-state index is 0.802. The summed E-state index contributed by atoms with van der Waals surface area (Å²) in [6.07, 6.45) is 2.74. The van der Waals surface area contributed by atoms with Crippen LogP contribution in [0.25, 0.3) is 78.0 Å². The SMILES string of the molecule is C=C(CC)[n+]1c(-c2c(CCC)ccc3c2oc2ccccc23)n(-c2c(-c3ccccc3)cccc2-c2ccccc2)c2ccccc21. The first-order valence-corrected chi connectivity index (χ1v) is 16.6. The highest BCUT2D eigenvalue weighted by Gasteiger charge is 2.35. The molecule has 0 saturated carbocycles. The Bertz CT molecular complexity index is 2350. The predicted octanol–water partition coefficient (Wildman–Crippen LogP) is 11.7. The fourth-order valence-corrected chi connectivity index (χ4v) is 7.14. The molecule has 0 bridgehead atoms. The molecule has 47 heavy (non-hydrogen) atoms. The van der Waals surface area contributed by atoms with Gasteiger partial charge in [0.15, 0.2) is 16.6 Å². The molecule has 0 aliphatic carbocycles. The first-order chi connectivity index (χ1) is 23.2.